The Kier molecular flexibility index (Phi) is 3.93. The molecule has 0 saturated carbocycles. The van der Waals surface area contributed by atoms with Crippen LogP contribution in [0.25, 0.3) is 0 Å². The molecule has 1 unspecified atom stereocenters. The quantitative estimate of drug-likeness (QED) is 0.740. The molecular formula is C11H22N2O. The Morgan fingerprint density at radius 3 is 2.79 bits per heavy atom. The largest absolute Gasteiger partial charge is 0.345 e. The Hall–Kier alpha value is -0.570. The lowest BCUT2D eigenvalue weighted by molar-refractivity contribution is -0.140. The number of hydrogen-bond acceptors (Lipinski definition) is 2. The maximum Gasteiger partial charge on any atom is 0.229 e. The lowest BCUT2D eigenvalue weighted by Crippen LogP contribution is -2.49. The van der Waals surface area contributed by atoms with Gasteiger partial charge in [0.25, 0.3) is 0 Å². The third kappa shape index (κ3) is 2.47. The molecular weight excluding hydrogens is 176 g/mol. The summed E-state index contributed by atoms with van der Waals surface area (Å²) in [6.07, 6.45) is 3.17. The highest BCUT2D eigenvalue weighted by molar-refractivity contribution is 5.82. The van der Waals surface area contributed by atoms with Gasteiger partial charge in [0, 0.05) is 20.1 Å². The molecule has 3 nitrogen and oxygen atoms in total. The number of nitrogens with one attached hydrogen (secondary N) is 1. The van der Waals surface area contributed by atoms with Crippen LogP contribution in [0.1, 0.15) is 33.1 Å². The molecule has 1 heterocycles. The molecule has 3 heteroatoms. The predicted molar refractivity (Wildman–Crippen MR) is 58.1 cm³/mol. The van der Waals surface area contributed by atoms with Gasteiger partial charge in [0.1, 0.15) is 0 Å². The van der Waals surface area contributed by atoms with Gasteiger partial charge < -0.3 is 10.2 Å². The van der Waals surface area contributed by atoms with Gasteiger partial charge in [-0.3, -0.25) is 4.79 Å². The summed E-state index contributed by atoms with van der Waals surface area (Å²) in [5.74, 6) is 0.298. The van der Waals surface area contributed by atoms with Crippen LogP contribution in [0.3, 0.4) is 0 Å². The van der Waals surface area contributed by atoms with E-state index in [0.29, 0.717) is 5.91 Å². The molecule has 1 aliphatic rings. The Labute approximate surface area is 86.9 Å². The molecule has 1 rings (SSSR count). The summed E-state index contributed by atoms with van der Waals surface area (Å²) in [6.45, 7) is 6.94. The molecule has 0 aliphatic carbocycles. The van der Waals surface area contributed by atoms with Crippen LogP contribution in [0.2, 0.25) is 0 Å². The third-order valence-corrected chi connectivity index (χ3v) is 3.02. The van der Waals surface area contributed by atoms with E-state index in [0.717, 1.165) is 38.9 Å². The fourth-order valence-electron chi connectivity index (χ4n) is 2.14. The molecule has 1 saturated heterocycles. The summed E-state index contributed by atoms with van der Waals surface area (Å²) in [5.41, 5.74) is -0.165. The number of piperidine rings is 1. The maximum atomic E-state index is 12.1. The lowest BCUT2D eigenvalue weighted by Gasteiger charge is -2.35. The van der Waals surface area contributed by atoms with E-state index in [2.05, 4.69) is 19.2 Å². The van der Waals surface area contributed by atoms with Gasteiger partial charge in [-0.15, -0.1) is 0 Å². The monoisotopic (exact) mass is 198 g/mol. The smallest absolute Gasteiger partial charge is 0.229 e. The first-order valence-electron chi connectivity index (χ1n) is 5.56. The van der Waals surface area contributed by atoms with Crippen molar-refractivity contribution >= 4 is 5.91 Å². The lowest BCUT2D eigenvalue weighted by atomic mass is 9.81. The van der Waals surface area contributed by atoms with Crippen molar-refractivity contribution in [3.63, 3.8) is 0 Å². The van der Waals surface area contributed by atoms with Gasteiger partial charge in [-0.05, 0) is 32.7 Å². The zero-order valence-electron chi connectivity index (χ0n) is 9.60. The average molecular weight is 198 g/mol. The molecule has 14 heavy (non-hydrogen) atoms. The van der Waals surface area contributed by atoms with Crippen molar-refractivity contribution in [1.82, 2.24) is 10.2 Å². The number of carbonyl (C=O) groups is 1. The fourth-order valence-corrected chi connectivity index (χ4v) is 2.14. The minimum absolute atomic E-state index is 0.165. The normalized spacial score (nSPS) is 27.4. The van der Waals surface area contributed by atoms with Gasteiger partial charge in [-0.25, -0.2) is 0 Å². The molecule has 0 aromatic rings. The Morgan fingerprint density at radius 2 is 2.29 bits per heavy atom. The Morgan fingerprint density at radius 1 is 1.57 bits per heavy atom. The topological polar surface area (TPSA) is 32.3 Å². The second-order valence-electron chi connectivity index (χ2n) is 4.57. The van der Waals surface area contributed by atoms with Gasteiger partial charge in [0.2, 0.25) is 5.91 Å². The molecule has 1 fully saturated rings. The number of amides is 1. The van der Waals surface area contributed by atoms with E-state index < -0.39 is 0 Å². The molecule has 1 atom stereocenters. The van der Waals surface area contributed by atoms with Crippen LogP contribution in [-0.4, -0.2) is 37.5 Å². The highest BCUT2D eigenvalue weighted by Gasteiger charge is 2.36. The number of hydrogen-bond donors (Lipinski definition) is 1. The predicted octanol–water partition coefficient (Wildman–Crippen LogP) is 1.24. The van der Waals surface area contributed by atoms with Crippen molar-refractivity contribution in [3.05, 3.63) is 0 Å². The molecule has 82 valence electrons. The highest BCUT2D eigenvalue weighted by atomic mass is 16.2. The van der Waals surface area contributed by atoms with E-state index in [9.17, 15) is 4.79 Å². The van der Waals surface area contributed by atoms with Crippen LogP contribution in [0.15, 0.2) is 0 Å². The summed E-state index contributed by atoms with van der Waals surface area (Å²) in [6, 6.07) is 0. The molecule has 0 spiro atoms. The molecule has 1 aliphatic heterocycles. The van der Waals surface area contributed by atoms with Crippen LogP contribution in [0, 0.1) is 5.41 Å². The van der Waals surface area contributed by atoms with Crippen molar-refractivity contribution in [2.75, 3.05) is 26.7 Å². The first kappa shape index (κ1) is 11.5. The van der Waals surface area contributed by atoms with Crippen LogP contribution in [0.4, 0.5) is 0 Å². The first-order valence-corrected chi connectivity index (χ1v) is 5.56. The van der Waals surface area contributed by atoms with Gasteiger partial charge in [0.05, 0.1) is 5.41 Å². The van der Waals surface area contributed by atoms with E-state index in [1.165, 1.54) is 0 Å². The van der Waals surface area contributed by atoms with Gasteiger partial charge in [0.15, 0.2) is 0 Å². The van der Waals surface area contributed by atoms with Crippen LogP contribution < -0.4 is 5.32 Å². The summed E-state index contributed by atoms with van der Waals surface area (Å²) >= 11 is 0. The molecule has 1 N–H and O–H groups in total. The maximum absolute atomic E-state index is 12.1. The zero-order valence-corrected chi connectivity index (χ0v) is 9.60. The fraction of sp³-hybridized carbons (Fsp3) is 0.909. The van der Waals surface area contributed by atoms with E-state index in [1.807, 2.05) is 11.9 Å². The van der Waals surface area contributed by atoms with Gasteiger partial charge in [-0.1, -0.05) is 6.92 Å². The first-order chi connectivity index (χ1) is 6.60. The molecule has 0 aromatic carbocycles. The highest BCUT2D eigenvalue weighted by Crippen LogP contribution is 2.27. The van der Waals surface area contributed by atoms with Crippen molar-refractivity contribution in [2.45, 2.75) is 33.1 Å². The Bertz CT molecular complexity index is 197. The molecule has 0 radical (unpaired) electrons. The summed E-state index contributed by atoms with van der Waals surface area (Å²) in [5, 5.41) is 3.31. The van der Waals surface area contributed by atoms with E-state index in [1.54, 1.807) is 0 Å². The van der Waals surface area contributed by atoms with Crippen LogP contribution >= 0.6 is 0 Å². The zero-order chi connectivity index (χ0) is 10.6. The van der Waals surface area contributed by atoms with Crippen LogP contribution in [-0.2, 0) is 4.79 Å². The van der Waals surface area contributed by atoms with E-state index in [4.69, 9.17) is 0 Å². The van der Waals surface area contributed by atoms with Crippen molar-refractivity contribution in [3.8, 4) is 0 Å². The molecule has 0 bridgehead atoms. The molecule has 0 aromatic heterocycles. The summed E-state index contributed by atoms with van der Waals surface area (Å²) < 4.78 is 0. The summed E-state index contributed by atoms with van der Waals surface area (Å²) in [7, 11) is 1.91. The van der Waals surface area contributed by atoms with E-state index in [-0.39, 0.29) is 5.41 Å². The summed E-state index contributed by atoms with van der Waals surface area (Å²) in [4.78, 5) is 14.0. The van der Waals surface area contributed by atoms with Gasteiger partial charge >= 0.3 is 0 Å². The third-order valence-electron chi connectivity index (χ3n) is 3.02. The number of rotatable bonds is 3. The minimum Gasteiger partial charge on any atom is -0.345 e. The second-order valence-corrected chi connectivity index (χ2v) is 4.57. The average Bonchev–Trinajstić information content (AvgIpc) is 2.18. The SMILES string of the molecule is CCCN(C)C(=O)C1(C)CCCNC1. The standard InChI is InChI=1S/C11H22N2O/c1-4-8-13(3)10(14)11(2)6-5-7-12-9-11/h12H,4-9H2,1-3H3. The van der Waals surface area contributed by atoms with Crippen molar-refractivity contribution < 1.29 is 4.79 Å². The van der Waals surface area contributed by atoms with Crippen LogP contribution in [0.5, 0.6) is 0 Å². The van der Waals surface area contributed by atoms with Crippen molar-refractivity contribution in [1.29, 1.82) is 0 Å². The minimum atomic E-state index is -0.165. The van der Waals surface area contributed by atoms with Gasteiger partial charge in [-0.2, -0.15) is 0 Å². The Balaban J connectivity index is 2.56. The number of carbonyl (C=O) groups excluding carboxylic acids is 1. The van der Waals surface area contributed by atoms with E-state index >= 15 is 0 Å². The van der Waals surface area contributed by atoms with Crippen molar-refractivity contribution in [2.24, 2.45) is 5.41 Å². The molecule has 1 amide bonds. The second kappa shape index (κ2) is 4.78. The number of nitrogens with zero attached hydrogens (tertiary/aromatic N) is 1.